The van der Waals surface area contributed by atoms with Crippen LogP contribution in [-0.2, 0) is 16.9 Å². The number of hydrogen-bond donors (Lipinski definition) is 1. The van der Waals surface area contributed by atoms with Crippen LogP contribution in [0.4, 0.5) is 0 Å². The zero-order valence-electron chi connectivity index (χ0n) is 12.5. The summed E-state index contributed by atoms with van der Waals surface area (Å²) in [6, 6.07) is 2.51. The second-order valence-corrected chi connectivity index (χ2v) is 5.77. The molecule has 0 aromatic carbocycles. The summed E-state index contributed by atoms with van der Waals surface area (Å²) in [5.41, 5.74) is 1.83. The lowest BCUT2D eigenvalue weighted by Gasteiger charge is -2.26. The standard InChI is InChI=1S/C15H25N3O/c1-11(2)16-10-13-9-12(3)17-14(18-13)15(19-4)7-5-6-8-15/h9,11,16H,5-8,10H2,1-4H3. The van der Waals surface area contributed by atoms with Crippen LogP contribution in [-0.4, -0.2) is 23.1 Å². The Morgan fingerprint density at radius 3 is 2.58 bits per heavy atom. The molecule has 0 radical (unpaired) electrons. The van der Waals surface area contributed by atoms with Gasteiger partial charge in [0.05, 0.1) is 5.69 Å². The van der Waals surface area contributed by atoms with E-state index in [0.717, 1.165) is 36.6 Å². The molecule has 0 unspecified atom stereocenters. The van der Waals surface area contributed by atoms with E-state index in [2.05, 4.69) is 30.2 Å². The molecule has 0 saturated heterocycles. The minimum atomic E-state index is -0.251. The van der Waals surface area contributed by atoms with Crippen LogP contribution in [0.2, 0.25) is 0 Å². The summed E-state index contributed by atoms with van der Waals surface area (Å²) in [6.07, 6.45) is 4.46. The first kappa shape index (κ1) is 14.4. The molecule has 19 heavy (non-hydrogen) atoms. The molecule has 1 heterocycles. The van der Waals surface area contributed by atoms with E-state index in [1.807, 2.05) is 6.92 Å². The highest BCUT2D eigenvalue weighted by atomic mass is 16.5. The van der Waals surface area contributed by atoms with Gasteiger partial charge in [-0.2, -0.15) is 0 Å². The lowest BCUT2D eigenvalue weighted by atomic mass is 10.0. The Kier molecular flexibility index (Phi) is 4.53. The molecule has 1 aliphatic rings. The Bertz CT molecular complexity index is 425. The van der Waals surface area contributed by atoms with Gasteiger partial charge in [0, 0.05) is 25.4 Å². The average molecular weight is 263 g/mol. The summed E-state index contributed by atoms with van der Waals surface area (Å²) in [5.74, 6) is 0.869. The molecule has 0 spiro atoms. The van der Waals surface area contributed by atoms with Crippen molar-refractivity contribution in [1.82, 2.24) is 15.3 Å². The fourth-order valence-corrected chi connectivity index (χ4v) is 2.70. The molecule has 1 aromatic heterocycles. The third-order valence-corrected chi connectivity index (χ3v) is 3.81. The quantitative estimate of drug-likeness (QED) is 0.887. The van der Waals surface area contributed by atoms with Crippen molar-refractivity contribution in [3.63, 3.8) is 0 Å². The first-order valence-corrected chi connectivity index (χ1v) is 7.19. The van der Waals surface area contributed by atoms with Gasteiger partial charge in [-0.3, -0.25) is 0 Å². The number of methoxy groups -OCH3 is 1. The zero-order chi connectivity index (χ0) is 13.9. The Hall–Kier alpha value is -1.00. The summed E-state index contributed by atoms with van der Waals surface area (Å²) in [7, 11) is 1.78. The molecular formula is C15H25N3O. The lowest BCUT2D eigenvalue weighted by Crippen LogP contribution is -2.29. The zero-order valence-corrected chi connectivity index (χ0v) is 12.5. The number of nitrogens with one attached hydrogen (secondary N) is 1. The highest BCUT2D eigenvalue weighted by Crippen LogP contribution is 2.39. The van der Waals surface area contributed by atoms with Crippen molar-refractivity contribution < 1.29 is 4.74 Å². The number of ether oxygens (including phenoxy) is 1. The molecule has 2 rings (SSSR count). The van der Waals surface area contributed by atoms with E-state index >= 15 is 0 Å². The summed E-state index contributed by atoms with van der Waals surface area (Å²) >= 11 is 0. The Morgan fingerprint density at radius 1 is 1.32 bits per heavy atom. The third kappa shape index (κ3) is 3.31. The normalized spacial score (nSPS) is 18.2. The Labute approximate surface area is 116 Å². The molecule has 0 bridgehead atoms. The lowest BCUT2D eigenvalue weighted by molar-refractivity contribution is -0.0166. The number of nitrogens with zero attached hydrogens (tertiary/aromatic N) is 2. The highest BCUT2D eigenvalue weighted by molar-refractivity contribution is 5.15. The van der Waals surface area contributed by atoms with E-state index in [0.29, 0.717) is 6.04 Å². The van der Waals surface area contributed by atoms with Crippen molar-refractivity contribution in [2.24, 2.45) is 0 Å². The van der Waals surface area contributed by atoms with Crippen LogP contribution in [0.5, 0.6) is 0 Å². The molecule has 1 aromatic rings. The van der Waals surface area contributed by atoms with E-state index < -0.39 is 0 Å². The van der Waals surface area contributed by atoms with Gasteiger partial charge < -0.3 is 10.1 Å². The maximum atomic E-state index is 5.78. The summed E-state index contributed by atoms with van der Waals surface area (Å²) in [6.45, 7) is 7.10. The number of aromatic nitrogens is 2. The van der Waals surface area contributed by atoms with Crippen LogP contribution >= 0.6 is 0 Å². The van der Waals surface area contributed by atoms with E-state index in [4.69, 9.17) is 9.72 Å². The second kappa shape index (κ2) is 5.97. The summed E-state index contributed by atoms with van der Waals surface area (Å²) in [4.78, 5) is 9.35. The molecule has 1 aliphatic carbocycles. The first-order chi connectivity index (χ1) is 9.05. The van der Waals surface area contributed by atoms with Crippen molar-refractivity contribution >= 4 is 0 Å². The molecule has 1 fully saturated rings. The Balaban J connectivity index is 2.25. The number of hydrogen-bond acceptors (Lipinski definition) is 4. The van der Waals surface area contributed by atoms with Crippen molar-refractivity contribution in [1.29, 1.82) is 0 Å². The topological polar surface area (TPSA) is 47.0 Å². The number of aryl methyl sites for hydroxylation is 1. The predicted molar refractivity (Wildman–Crippen MR) is 75.9 cm³/mol. The van der Waals surface area contributed by atoms with Crippen molar-refractivity contribution in [3.8, 4) is 0 Å². The van der Waals surface area contributed by atoms with Crippen LogP contribution in [0.1, 0.15) is 56.7 Å². The second-order valence-electron chi connectivity index (χ2n) is 5.77. The van der Waals surface area contributed by atoms with Crippen molar-refractivity contribution in [2.75, 3.05) is 7.11 Å². The van der Waals surface area contributed by atoms with Crippen LogP contribution in [0.15, 0.2) is 6.07 Å². The molecule has 1 saturated carbocycles. The van der Waals surface area contributed by atoms with Gasteiger partial charge in [0.25, 0.3) is 0 Å². The van der Waals surface area contributed by atoms with Crippen molar-refractivity contribution in [3.05, 3.63) is 23.3 Å². The van der Waals surface area contributed by atoms with E-state index in [9.17, 15) is 0 Å². The van der Waals surface area contributed by atoms with Crippen LogP contribution in [0.3, 0.4) is 0 Å². The van der Waals surface area contributed by atoms with Gasteiger partial charge in [-0.15, -0.1) is 0 Å². The Morgan fingerprint density at radius 2 is 2.00 bits per heavy atom. The predicted octanol–water partition coefficient (Wildman–Crippen LogP) is 2.70. The van der Waals surface area contributed by atoms with Crippen LogP contribution in [0.25, 0.3) is 0 Å². The van der Waals surface area contributed by atoms with Gasteiger partial charge in [-0.1, -0.05) is 13.8 Å². The van der Waals surface area contributed by atoms with E-state index in [1.54, 1.807) is 7.11 Å². The molecule has 0 amide bonds. The van der Waals surface area contributed by atoms with Crippen LogP contribution in [0, 0.1) is 6.92 Å². The molecule has 0 aliphatic heterocycles. The van der Waals surface area contributed by atoms with Gasteiger partial charge in [0.1, 0.15) is 5.60 Å². The average Bonchev–Trinajstić information content (AvgIpc) is 2.86. The van der Waals surface area contributed by atoms with Gasteiger partial charge in [0.2, 0.25) is 0 Å². The van der Waals surface area contributed by atoms with Gasteiger partial charge >= 0.3 is 0 Å². The van der Waals surface area contributed by atoms with Gasteiger partial charge in [-0.05, 0) is 38.7 Å². The SMILES string of the molecule is COC1(c2nc(C)cc(CNC(C)C)n2)CCCC1. The molecule has 4 heteroatoms. The molecule has 4 nitrogen and oxygen atoms in total. The molecule has 106 valence electrons. The molecular weight excluding hydrogens is 238 g/mol. The smallest absolute Gasteiger partial charge is 0.160 e. The monoisotopic (exact) mass is 263 g/mol. The number of rotatable bonds is 5. The van der Waals surface area contributed by atoms with E-state index in [-0.39, 0.29) is 5.60 Å². The fourth-order valence-electron chi connectivity index (χ4n) is 2.70. The fraction of sp³-hybridized carbons (Fsp3) is 0.733. The van der Waals surface area contributed by atoms with E-state index in [1.165, 1.54) is 12.8 Å². The van der Waals surface area contributed by atoms with Gasteiger partial charge in [0.15, 0.2) is 5.82 Å². The molecule has 1 N–H and O–H groups in total. The minimum Gasteiger partial charge on any atom is -0.370 e. The largest absolute Gasteiger partial charge is 0.370 e. The molecule has 0 atom stereocenters. The minimum absolute atomic E-state index is 0.251. The first-order valence-electron chi connectivity index (χ1n) is 7.19. The summed E-state index contributed by atoms with van der Waals surface area (Å²) < 4.78 is 5.78. The maximum absolute atomic E-state index is 5.78. The third-order valence-electron chi connectivity index (χ3n) is 3.81. The van der Waals surface area contributed by atoms with Crippen molar-refractivity contribution in [2.45, 2.75) is 64.6 Å². The summed E-state index contributed by atoms with van der Waals surface area (Å²) in [5, 5.41) is 3.41. The van der Waals surface area contributed by atoms with Gasteiger partial charge in [-0.25, -0.2) is 9.97 Å². The highest BCUT2D eigenvalue weighted by Gasteiger charge is 2.38. The van der Waals surface area contributed by atoms with Crippen LogP contribution < -0.4 is 5.32 Å². The maximum Gasteiger partial charge on any atom is 0.160 e.